The third kappa shape index (κ3) is 29.7. The number of hydrogen-bond acceptors (Lipinski definition) is 13. The highest BCUT2D eigenvalue weighted by atomic mass is 31.2. The van der Waals surface area contributed by atoms with E-state index in [4.69, 9.17) is 28.3 Å². The highest BCUT2D eigenvalue weighted by Crippen LogP contribution is 2.49. The molecule has 61 heavy (non-hydrogen) atoms. The van der Waals surface area contributed by atoms with Crippen LogP contribution in [-0.4, -0.2) is 103 Å². The molecule has 18 heteroatoms. The second-order valence-corrected chi connectivity index (χ2v) is 19.1. The van der Waals surface area contributed by atoms with Crippen LogP contribution in [-0.2, 0) is 41.8 Å². The summed E-state index contributed by atoms with van der Waals surface area (Å²) < 4.78 is 49.3. The van der Waals surface area contributed by atoms with Gasteiger partial charge in [-0.2, -0.15) is 0 Å². The van der Waals surface area contributed by atoms with Gasteiger partial charge < -0.3 is 44.6 Å². The largest absolute Gasteiger partial charge is 0.472 e. The molecule has 1 fully saturated rings. The number of carbonyl (C=O) groups excluding carboxylic acids is 2. The number of rotatable bonds is 39. The molecule has 0 aromatic rings. The van der Waals surface area contributed by atoms with E-state index in [0.29, 0.717) is 12.8 Å². The summed E-state index contributed by atoms with van der Waals surface area (Å²) in [5.41, 5.74) is 0. The molecule has 0 aliphatic heterocycles. The van der Waals surface area contributed by atoms with Crippen LogP contribution >= 0.6 is 15.6 Å². The van der Waals surface area contributed by atoms with Crippen LogP contribution in [0, 0.1) is 0 Å². The fourth-order valence-corrected chi connectivity index (χ4v) is 8.74. The molecule has 0 spiro atoms. The predicted octanol–water partition coefficient (Wildman–Crippen LogP) is 8.40. The molecule has 1 aliphatic rings. The topological polar surface area (TPSA) is 256 Å². The number of esters is 2. The van der Waals surface area contributed by atoms with Crippen molar-refractivity contribution in [1.29, 1.82) is 0 Å². The highest BCUT2D eigenvalue weighted by molar-refractivity contribution is 7.47. The smallest absolute Gasteiger partial charge is 0.462 e. The van der Waals surface area contributed by atoms with Gasteiger partial charge in [-0.3, -0.25) is 23.2 Å². The van der Waals surface area contributed by atoms with E-state index in [1.54, 1.807) is 0 Å². The molecule has 360 valence electrons. The van der Waals surface area contributed by atoms with Gasteiger partial charge in [0.25, 0.3) is 0 Å². The number of phosphoric ester groups is 2. The van der Waals surface area contributed by atoms with Crippen molar-refractivity contribution in [2.45, 2.75) is 236 Å². The van der Waals surface area contributed by atoms with Crippen molar-refractivity contribution in [3.05, 3.63) is 12.2 Å². The molecule has 7 N–H and O–H groups in total. The van der Waals surface area contributed by atoms with Crippen molar-refractivity contribution in [1.82, 2.24) is 0 Å². The van der Waals surface area contributed by atoms with Crippen LogP contribution in [0.1, 0.15) is 194 Å². The average Bonchev–Trinajstić information content (AvgIpc) is 3.21. The van der Waals surface area contributed by atoms with Crippen LogP contribution < -0.4 is 0 Å². The second-order valence-electron chi connectivity index (χ2n) is 16.5. The van der Waals surface area contributed by atoms with E-state index in [2.05, 4.69) is 30.5 Å². The maximum Gasteiger partial charge on any atom is 0.472 e. The minimum absolute atomic E-state index is 0.0378. The zero-order chi connectivity index (χ0) is 45.4. The Bertz CT molecular complexity index is 1250. The minimum atomic E-state index is -5.36. The van der Waals surface area contributed by atoms with Crippen molar-refractivity contribution in [3.63, 3.8) is 0 Å². The molecule has 5 unspecified atom stereocenters. The second kappa shape index (κ2) is 35.1. The van der Waals surface area contributed by atoms with Crippen LogP contribution in [0.4, 0.5) is 0 Å². The maximum atomic E-state index is 13.0. The fourth-order valence-electron chi connectivity index (χ4n) is 7.20. The first-order chi connectivity index (χ1) is 29.1. The third-order valence-electron chi connectivity index (χ3n) is 10.8. The first kappa shape index (κ1) is 57.8. The number of aliphatic hydroxyl groups excluding tert-OH is 4. The van der Waals surface area contributed by atoms with Gasteiger partial charge in [0.2, 0.25) is 0 Å². The highest BCUT2D eigenvalue weighted by Gasteiger charge is 2.54. The lowest BCUT2D eigenvalue weighted by Crippen LogP contribution is -2.64. The zero-order valence-electron chi connectivity index (χ0n) is 37.1. The predicted molar refractivity (Wildman–Crippen MR) is 232 cm³/mol. The summed E-state index contributed by atoms with van der Waals surface area (Å²) in [6.07, 6.45) is 18.9. The Morgan fingerprint density at radius 3 is 1.36 bits per heavy atom. The lowest BCUT2D eigenvalue weighted by Gasteiger charge is -2.43. The molecule has 0 amide bonds. The molecule has 0 aromatic heterocycles. The third-order valence-corrected chi connectivity index (χ3v) is 12.3. The number of carbonyl (C=O) groups is 2. The molecule has 0 aromatic carbocycles. The van der Waals surface area contributed by atoms with E-state index in [0.717, 1.165) is 64.2 Å². The van der Waals surface area contributed by atoms with Gasteiger partial charge in [0.1, 0.15) is 43.2 Å². The standard InChI is InChI=1S/C43H82O16P2/c1-3-5-7-9-11-13-15-17-18-20-21-23-25-27-29-31-36(44)55-33-35(57-37(45)32-30-28-26-24-22-19-16-14-12-10-8-6-4-2)34-56-61(53,54)59-43-40(48)38(46)39(47)42(41(43)49)58-60(50,51)52/h14,16,35,38-43,46-49H,3-13,15,17-34H2,1-2H3,(H,53,54)(H2,50,51,52)/b16-14-/t35-,38?,39?,40?,41?,42-,43+/m1/s1. The SMILES string of the molecule is CCCCCC/C=C\CCCCCCCC(=O)O[C@H](COC(=O)CCCCCCCCCCCCCCCCC)COP(=O)(O)O[C@H]1C(O)C(O)C(O)[C@@H](OP(=O)(O)O)C1O. The number of unbranched alkanes of at least 4 members (excludes halogenated alkanes) is 23. The van der Waals surface area contributed by atoms with Crippen LogP contribution in [0.25, 0.3) is 0 Å². The van der Waals surface area contributed by atoms with Gasteiger partial charge in [0.05, 0.1) is 6.61 Å². The molecule has 0 saturated heterocycles. The fraction of sp³-hybridized carbons (Fsp3) is 0.907. The Morgan fingerprint density at radius 1 is 0.508 bits per heavy atom. The van der Waals surface area contributed by atoms with Crippen molar-refractivity contribution >= 4 is 27.6 Å². The Labute approximate surface area is 365 Å². The van der Waals surface area contributed by atoms with Gasteiger partial charge >= 0.3 is 27.6 Å². The molecular formula is C43H82O16P2. The van der Waals surface area contributed by atoms with Gasteiger partial charge in [-0.25, -0.2) is 9.13 Å². The van der Waals surface area contributed by atoms with E-state index in [1.165, 1.54) is 89.9 Å². The van der Waals surface area contributed by atoms with Crippen LogP contribution in [0.15, 0.2) is 12.2 Å². The summed E-state index contributed by atoms with van der Waals surface area (Å²) >= 11 is 0. The first-order valence-corrected chi connectivity index (χ1v) is 26.3. The van der Waals surface area contributed by atoms with Crippen LogP contribution in [0.3, 0.4) is 0 Å². The van der Waals surface area contributed by atoms with E-state index in [1.807, 2.05) is 0 Å². The van der Waals surface area contributed by atoms with Crippen molar-refractivity contribution < 1.29 is 76.9 Å². The number of hydrogen-bond donors (Lipinski definition) is 7. The summed E-state index contributed by atoms with van der Waals surface area (Å²) in [6, 6.07) is 0. The van der Waals surface area contributed by atoms with Gasteiger partial charge in [-0.15, -0.1) is 0 Å². The summed E-state index contributed by atoms with van der Waals surface area (Å²) in [6.45, 7) is 3.09. The molecule has 1 saturated carbocycles. The van der Waals surface area contributed by atoms with Crippen molar-refractivity contribution in [3.8, 4) is 0 Å². The summed E-state index contributed by atoms with van der Waals surface area (Å²) in [5, 5.41) is 41.2. The Morgan fingerprint density at radius 2 is 0.902 bits per heavy atom. The molecule has 8 atom stereocenters. The maximum absolute atomic E-state index is 13.0. The lowest BCUT2D eigenvalue weighted by molar-refractivity contribution is -0.216. The van der Waals surface area contributed by atoms with Gasteiger partial charge in [0.15, 0.2) is 6.10 Å². The number of ether oxygens (including phenoxy) is 2. The molecule has 16 nitrogen and oxygen atoms in total. The summed E-state index contributed by atoms with van der Waals surface area (Å²) in [4.78, 5) is 54.2. The molecule has 1 aliphatic carbocycles. The zero-order valence-corrected chi connectivity index (χ0v) is 38.9. The van der Waals surface area contributed by atoms with E-state index < -0.39 is 83.5 Å². The summed E-state index contributed by atoms with van der Waals surface area (Å²) in [7, 11) is -10.7. The lowest BCUT2D eigenvalue weighted by atomic mass is 9.85. The Balaban J connectivity index is 2.60. The van der Waals surface area contributed by atoms with Crippen LogP contribution in [0.2, 0.25) is 0 Å². The normalized spacial score (nSPS) is 22.3. The van der Waals surface area contributed by atoms with Crippen molar-refractivity contribution in [2.24, 2.45) is 0 Å². The van der Waals surface area contributed by atoms with Crippen molar-refractivity contribution in [2.75, 3.05) is 13.2 Å². The Hall–Kier alpha value is -1.26. The van der Waals surface area contributed by atoms with Gasteiger partial charge in [0, 0.05) is 12.8 Å². The van der Waals surface area contributed by atoms with E-state index >= 15 is 0 Å². The molecular weight excluding hydrogens is 834 g/mol. The average molecular weight is 917 g/mol. The molecule has 0 radical (unpaired) electrons. The molecule has 0 bridgehead atoms. The summed E-state index contributed by atoms with van der Waals surface area (Å²) in [5.74, 6) is -1.21. The quantitative estimate of drug-likeness (QED) is 0.0132. The molecule has 0 heterocycles. The first-order valence-electron chi connectivity index (χ1n) is 23.2. The molecule has 1 rings (SSSR count). The minimum Gasteiger partial charge on any atom is -0.462 e. The monoisotopic (exact) mass is 917 g/mol. The number of aliphatic hydroxyl groups is 4. The van der Waals surface area contributed by atoms with Gasteiger partial charge in [-0.1, -0.05) is 154 Å². The number of allylic oxidation sites excluding steroid dienone is 2. The number of phosphoric acid groups is 2. The van der Waals surface area contributed by atoms with E-state index in [9.17, 15) is 44.0 Å². The van der Waals surface area contributed by atoms with Crippen LogP contribution in [0.5, 0.6) is 0 Å². The Kier molecular flexibility index (Phi) is 33.2. The van der Waals surface area contributed by atoms with E-state index in [-0.39, 0.29) is 12.8 Å². The van der Waals surface area contributed by atoms with Gasteiger partial charge in [-0.05, 0) is 38.5 Å².